The molecule has 8 heteroatoms. The minimum Gasteiger partial charge on any atom is -0.384 e. The Morgan fingerprint density at radius 1 is 1.37 bits per heavy atom. The van der Waals surface area contributed by atoms with E-state index < -0.39 is 11.1 Å². The molecule has 2 aromatic rings. The number of aromatic amines is 1. The first-order chi connectivity index (χ1) is 9.11. The van der Waals surface area contributed by atoms with Crippen LogP contribution in [0.4, 0.5) is 5.82 Å². The van der Waals surface area contributed by atoms with Gasteiger partial charge in [0.15, 0.2) is 11.1 Å². The van der Waals surface area contributed by atoms with Gasteiger partial charge in [0.2, 0.25) is 0 Å². The lowest BCUT2D eigenvalue weighted by atomic mass is 10.2. The number of H-pyrrole nitrogens is 1. The maximum Gasteiger partial charge on any atom is 0.160 e. The van der Waals surface area contributed by atoms with Gasteiger partial charge in [-0.2, -0.15) is 5.10 Å². The molecule has 19 heavy (non-hydrogen) atoms. The van der Waals surface area contributed by atoms with Crippen molar-refractivity contribution in [2.75, 3.05) is 5.73 Å². The van der Waals surface area contributed by atoms with Crippen molar-refractivity contribution in [1.82, 2.24) is 20.2 Å². The fourth-order valence-corrected chi connectivity index (χ4v) is 2.25. The Kier molecular flexibility index (Phi) is 3.03. The number of hydrogen-bond donors (Lipinski definition) is 3. The highest BCUT2D eigenvalue weighted by Gasteiger charge is 2.25. The molecule has 3 rings (SSSR count). The summed E-state index contributed by atoms with van der Waals surface area (Å²) >= 11 is -1.99. The standard InChI is InChI=1S/C11H13N5O2S/c12-10-4-8(13-11(14-10)5-19(17)18)9-3-7(15-16-9)6-1-2-6/h3-4,6H,1-2,5H2,(H,15,16)(H,17,18)(H2,12,13,14). The molecule has 0 amide bonds. The number of rotatable bonds is 4. The second kappa shape index (κ2) is 4.71. The fraction of sp³-hybridized carbons (Fsp3) is 0.364. The van der Waals surface area contributed by atoms with Crippen molar-refractivity contribution in [3.63, 3.8) is 0 Å². The largest absolute Gasteiger partial charge is 0.384 e. The molecule has 4 N–H and O–H groups in total. The normalized spacial score (nSPS) is 16.5. The highest BCUT2D eigenvalue weighted by molar-refractivity contribution is 7.78. The van der Waals surface area contributed by atoms with Crippen molar-refractivity contribution < 1.29 is 8.76 Å². The molecular weight excluding hydrogens is 266 g/mol. The SMILES string of the molecule is Nc1cc(-c2cc(C3CC3)[nH]n2)nc(CS(=O)O)n1. The van der Waals surface area contributed by atoms with E-state index in [9.17, 15) is 4.21 Å². The summed E-state index contributed by atoms with van der Waals surface area (Å²) in [6.45, 7) is 0. The van der Waals surface area contributed by atoms with Crippen molar-refractivity contribution in [1.29, 1.82) is 0 Å². The van der Waals surface area contributed by atoms with Gasteiger partial charge >= 0.3 is 0 Å². The molecule has 0 bridgehead atoms. The lowest BCUT2D eigenvalue weighted by molar-refractivity contribution is 0.562. The molecule has 1 atom stereocenters. The first kappa shape index (κ1) is 12.2. The van der Waals surface area contributed by atoms with E-state index in [1.807, 2.05) is 6.07 Å². The van der Waals surface area contributed by atoms with E-state index in [2.05, 4.69) is 20.2 Å². The molecule has 0 saturated heterocycles. The van der Waals surface area contributed by atoms with E-state index in [1.54, 1.807) is 6.07 Å². The molecule has 1 fully saturated rings. The predicted octanol–water partition coefficient (Wildman–Crippen LogP) is 1.05. The first-order valence-corrected chi connectivity index (χ1v) is 7.16. The summed E-state index contributed by atoms with van der Waals surface area (Å²) in [5, 5.41) is 7.19. The third-order valence-corrected chi connectivity index (χ3v) is 3.43. The zero-order valence-corrected chi connectivity index (χ0v) is 10.9. The number of nitrogens with zero attached hydrogens (tertiary/aromatic N) is 3. The highest BCUT2D eigenvalue weighted by Crippen LogP contribution is 2.39. The van der Waals surface area contributed by atoms with E-state index in [0.717, 1.165) is 5.69 Å². The van der Waals surface area contributed by atoms with Gasteiger partial charge in [-0.3, -0.25) is 5.10 Å². The molecule has 0 radical (unpaired) electrons. The molecule has 2 aromatic heterocycles. The monoisotopic (exact) mass is 279 g/mol. The third kappa shape index (κ3) is 2.79. The van der Waals surface area contributed by atoms with E-state index in [-0.39, 0.29) is 17.4 Å². The predicted molar refractivity (Wildman–Crippen MR) is 70.5 cm³/mol. The molecule has 1 unspecified atom stereocenters. The maximum atomic E-state index is 10.8. The van der Waals surface area contributed by atoms with Crippen LogP contribution in [0.5, 0.6) is 0 Å². The van der Waals surface area contributed by atoms with Gasteiger partial charge in [0.25, 0.3) is 0 Å². The smallest absolute Gasteiger partial charge is 0.160 e. The fourth-order valence-electron chi connectivity index (χ4n) is 1.90. The minimum absolute atomic E-state index is 0.141. The van der Waals surface area contributed by atoms with Crippen LogP contribution in [0.25, 0.3) is 11.4 Å². The van der Waals surface area contributed by atoms with E-state index >= 15 is 0 Å². The average Bonchev–Trinajstić information content (AvgIpc) is 3.05. The summed E-state index contributed by atoms with van der Waals surface area (Å²) in [7, 11) is 0. The third-order valence-electron chi connectivity index (χ3n) is 2.92. The summed E-state index contributed by atoms with van der Waals surface area (Å²) in [4.78, 5) is 8.14. The van der Waals surface area contributed by atoms with Gasteiger partial charge in [-0.25, -0.2) is 14.2 Å². The van der Waals surface area contributed by atoms with Crippen molar-refractivity contribution in [3.8, 4) is 11.4 Å². The van der Waals surface area contributed by atoms with Crippen LogP contribution in [0.1, 0.15) is 30.3 Å². The van der Waals surface area contributed by atoms with Crippen molar-refractivity contribution >= 4 is 16.9 Å². The van der Waals surface area contributed by atoms with Crippen LogP contribution in [0.15, 0.2) is 12.1 Å². The van der Waals surface area contributed by atoms with Crippen molar-refractivity contribution in [3.05, 3.63) is 23.7 Å². The molecule has 0 spiro atoms. The van der Waals surface area contributed by atoms with Crippen LogP contribution in [-0.2, 0) is 16.8 Å². The molecule has 2 heterocycles. The number of aromatic nitrogens is 4. The van der Waals surface area contributed by atoms with Gasteiger partial charge < -0.3 is 10.3 Å². The molecule has 100 valence electrons. The molecule has 7 nitrogen and oxygen atoms in total. The maximum absolute atomic E-state index is 10.8. The van der Waals surface area contributed by atoms with Crippen LogP contribution in [0, 0.1) is 0 Å². The summed E-state index contributed by atoms with van der Waals surface area (Å²) in [5.41, 5.74) is 8.03. The summed E-state index contributed by atoms with van der Waals surface area (Å²) in [5.74, 6) is 0.941. The van der Waals surface area contributed by atoms with Gasteiger partial charge in [-0.05, 0) is 18.9 Å². The summed E-state index contributed by atoms with van der Waals surface area (Å²) in [6.07, 6.45) is 2.37. The first-order valence-electron chi connectivity index (χ1n) is 5.88. The Hall–Kier alpha value is -1.80. The second-order valence-electron chi connectivity index (χ2n) is 4.54. The zero-order valence-electron chi connectivity index (χ0n) is 10.0. The Bertz CT molecular complexity index is 638. The quantitative estimate of drug-likeness (QED) is 0.720. The van der Waals surface area contributed by atoms with E-state index in [4.69, 9.17) is 10.3 Å². The van der Waals surface area contributed by atoms with Crippen molar-refractivity contribution in [2.24, 2.45) is 0 Å². The number of nitrogens with two attached hydrogens (primary N) is 1. The molecule has 1 saturated carbocycles. The topological polar surface area (TPSA) is 118 Å². The van der Waals surface area contributed by atoms with Gasteiger partial charge in [0.05, 0.1) is 5.69 Å². The van der Waals surface area contributed by atoms with Crippen LogP contribution >= 0.6 is 0 Å². The molecule has 1 aliphatic rings. The molecule has 1 aliphatic carbocycles. The Balaban J connectivity index is 1.93. The van der Waals surface area contributed by atoms with Crippen LogP contribution < -0.4 is 5.73 Å². The van der Waals surface area contributed by atoms with Gasteiger partial charge in [0.1, 0.15) is 23.1 Å². The lowest BCUT2D eigenvalue weighted by Gasteiger charge is -2.02. The zero-order chi connectivity index (χ0) is 13.4. The number of hydrogen-bond acceptors (Lipinski definition) is 5. The van der Waals surface area contributed by atoms with E-state index in [1.165, 1.54) is 12.8 Å². The van der Waals surface area contributed by atoms with Crippen LogP contribution in [0.2, 0.25) is 0 Å². The Labute approximate surface area is 111 Å². The van der Waals surface area contributed by atoms with Gasteiger partial charge in [0, 0.05) is 17.7 Å². The average molecular weight is 279 g/mol. The number of nitrogens with one attached hydrogen (secondary N) is 1. The number of nitrogen functional groups attached to an aromatic ring is 1. The number of anilines is 1. The van der Waals surface area contributed by atoms with Crippen LogP contribution in [0.3, 0.4) is 0 Å². The minimum atomic E-state index is -1.99. The van der Waals surface area contributed by atoms with Gasteiger partial charge in [-0.15, -0.1) is 0 Å². The Morgan fingerprint density at radius 2 is 2.16 bits per heavy atom. The highest BCUT2D eigenvalue weighted by atomic mass is 32.2. The molecular formula is C11H13N5O2S. The van der Waals surface area contributed by atoms with Gasteiger partial charge in [-0.1, -0.05) is 0 Å². The molecule has 0 aromatic carbocycles. The summed E-state index contributed by atoms with van der Waals surface area (Å²) in [6, 6.07) is 3.55. The lowest BCUT2D eigenvalue weighted by Crippen LogP contribution is -2.04. The van der Waals surface area contributed by atoms with Crippen molar-refractivity contribution in [2.45, 2.75) is 24.5 Å². The summed E-state index contributed by atoms with van der Waals surface area (Å²) < 4.78 is 19.7. The second-order valence-corrected chi connectivity index (χ2v) is 5.47. The van der Waals surface area contributed by atoms with Crippen LogP contribution in [-0.4, -0.2) is 28.9 Å². The Morgan fingerprint density at radius 3 is 2.84 bits per heavy atom. The van der Waals surface area contributed by atoms with E-state index in [0.29, 0.717) is 17.3 Å². The molecule has 0 aliphatic heterocycles.